The van der Waals surface area contributed by atoms with Crippen LogP contribution >= 0.6 is 0 Å². The van der Waals surface area contributed by atoms with Crippen molar-refractivity contribution in [1.29, 1.82) is 0 Å². The number of ether oxygens (including phenoxy) is 1. The number of carbonyl (C=O) groups excluding carboxylic acids is 1. The molecule has 0 saturated heterocycles. The van der Waals surface area contributed by atoms with Crippen molar-refractivity contribution >= 4 is 5.91 Å². The van der Waals surface area contributed by atoms with E-state index in [0.717, 1.165) is 6.42 Å². The van der Waals surface area contributed by atoms with Crippen molar-refractivity contribution in [2.75, 3.05) is 13.2 Å². The van der Waals surface area contributed by atoms with E-state index in [1.54, 1.807) is 25.1 Å². The van der Waals surface area contributed by atoms with Gasteiger partial charge in [-0.05, 0) is 30.7 Å². The molecule has 0 radical (unpaired) electrons. The van der Waals surface area contributed by atoms with Crippen LogP contribution in [0, 0.1) is 0 Å². The topological polar surface area (TPSA) is 58.6 Å². The molecule has 0 fully saturated rings. The summed E-state index contributed by atoms with van der Waals surface area (Å²) < 4.78 is 5.70. The van der Waals surface area contributed by atoms with Crippen LogP contribution < -0.4 is 10.1 Å². The van der Waals surface area contributed by atoms with Gasteiger partial charge in [0.1, 0.15) is 5.75 Å². The van der Waals surface area contributed by atoms with Crippen molar-refractivity contribution in [3.8, 4) is 5.75 Å². The molecular weight excluding hydrogens is 278 g/mol. The fourth-order valence-electron chi connectivity index (χ4n) is 2.00. The highest BCUT2D eigenvalue weighted by Crippen LogP contribution is 2.14. The molecule has 1 amide bonds. The summed E-state index contributed by atoms with van der Waals surface area (Å²) in [6, 6.07) is 17.2. The van der Waals surface area contributed by atoms with Gasteiger partial charge in [0.15, 0.2) is 0 Å². The van der Waals surface area contributed by atoms with Gasteiger partial charge >= 0.3 is 0 Å². The highest BCUT2D eigenvalue weighted by Gasteiger charge is 2.07. The number of hydrogen-bond donors (Lipinski definition) is 2. The van der Waals surface area contributed by atoms with E-state index in [1.165, 1.54) is 5.56 Å². The number of aliphatic hydroxyl groups is 1. The molecule has 0 aliphatic heterocycles. The highest BCUT2D eigenvalue weighted by atomic mass is 16.5. The van der Waals surface area contributed by atoms with E-state index in [0.29, 0.717) is 17.9 Å². The van der Waals surface area contributed by atoms with Gasteiger partial charge in [-0.1, -0.05) is 36.4 Å². The van der Waals surface area contributed by atoms with Gasteiger partial charge in [0, 0.05) is 18.5 Å². The van der Waals surface area contributed by atoms with E-state index in [4.69, 9.17) is 4.74 Å². The Morgan fingerprint density at radius 2 is 1.95 bits per heavy atom. The Bertz CT molecular complexity index is 596. The average molecular weight is 299 g/mol. The second-order valence-corrected chi connectivity index (χ2v) is 5.17. The Morgan fingerprint density at radius 1 is 1.18 bits per heavy atom. The fraction of sp³-hybridized carbons (Fsp3) is 0.278. The third-order valence-electron chi connectivity index (χ3n) is 3.16. The van der Waals surface area contributed by atoms with E-state index in [-0.39, 0.29) is 12.5 Å². The lowest BCUT2D eigenvalue weighted by Gasteiger charge is -2.09. The zero-order valence-electron chi connectivity index (χ0n) is 12.7. The molecule has 1 atom stereocenters. The van der Waals surface area contributed by atoms with Gasteiger partial charge in [-0.15, -0.1) is 0 Å². The molecule has 4 heteroatoms. The summed E-state index contributed by atoms with van der Waals surface area (Å²) in [5.74, 6) is 0.454. The molecule has 2 N–H and O–H groups in total. The summed E-state index contributed by atoms with van der Waals surface area (Å²) in [6.07, 6.45) is 0.258. The van der Waals surface area contributed by atoms with Crippen molar-refractivity contribution in [2.24, 2.45) is 0 Å². The molecule has 2 aromatic carbocycles. The first-order valence-corrected chi connectivity index (χ1v) is 7.38. The first-order chi connectivity index (χ1) is 10.6. The third kappa shape index (κ3) is 5.22. The normalized spacial score (nSPS) is 11.7. The molecule has 2 rings (SSSR count). The van der Waals surface area contributed by atoms with Crippen LogP contribution in [0.2, 0.25) is 0 Å². The lowest BCUT2D eigenvalue weighted by atomic mass is 10.1. The minimum Gasteiger partial charge on any atom is -0.493 e. The van der Waals surface area contributed by atoms with Crippen LogP contribution in [-0.2, 0) is 6.42 Å². The smallest absolute Gasteiger partial charge is 0.251 e. The number of aliphatic hydroxyl groups excluding tert-OH is 1. The van der Waals surface area contributed by atoms with E-state index in [1.807, 2.05) is 24.3 Å². The first-order valence-electron chi connectivity index (χ1n) is 7.38. The van der Waals surface area contributed by atoms with Crippen molar-refractivity contribution in [3.05, 3.63) is 65.7 Å². The van der Waals surface area contributed by atoms with Crippen LogP contribution in [0.25, 0.3) is 0 Å². The molecule has 0 saturated carbocycles. The number of rotatable bonds is 7. The van der Waals surface area contributed by atoms with Crippen molar-refractivity contribution in [3.63, 3.8) is 0 Å². The predicted octanol–water partition coefficient (Wildman–Crippen LogP) is 2.42. The third-order valence-corrected chi connectivity index (χ3v) is 3.16. The van der Waals surface area contributed by atoms with Crippen LogP contribution in [0.4, 0.5) is 0 Å². The molecule has 1 unspecified atom stereocenters. The summed E-state index contributed by atoms with van der Waals surface area (Å²) in [5.41, 5.74) is 1.74. The first kappa shape index (κ1) is 16.0. The monoisotopic (exact) mass is 299 g/mol. The minimum atomic E-state index is -0.561. The Balaban J connectivity index is 1.87. The van der Waals surface area contributed by atoms with Crippen LogP contribution in [0.1, 0.15) is 22.8 Å². The Morgan fingerprint density at radius 3 is 2.68 bits per heavy atom. The lowest BCUT2D eigenvalue weighted by Crippen LogP contribution is -2.30. The predicted molar refractivity (Wildman–Crippen MR) is 86.1 cm³/mol. The van der Waals surface area contributed by atoms with Crippen molar-refractivity contribution in [1.82, 2.24) is 5.32 Å². The quantitative estimate of drug-likeness (QED) is 0.825. The van der Waals surface area contributed by atoms with Crippen LogP contribution in [0.3, 0.4) is 0 Å². The maximum atomic E-state index is 11.9. The van der Waals surface area contributed by atoms with Crippen molar-refractivity contribution < 1.29 is 14.6 Å². The average Bonchev–Trinajstić information content (AvgIpc) is 2.54. The van der Waals surface area contributed by atoms with Gasteiger partial charge in [0.25, 0.3) is 5.91 Å². The number of nitrogens with one attached hydrogen (secondary N) is 1. The summed E-state index contributed by atoms with van der Waals surface area (Å²) in [7, 11) is 0. The SMILES string of the molecule is CC(O)CNC(=O)c1cccc(OCCc2ccccc2)c1. The molecule has 0 heterocycles. The molecule has 0 aliphatic carbocycles. The summed E-state index contributed by atoms with van der Waals surface area (Å²) in [5, 5.41) is 11.9. The van der Waals surface area contributed by atoms with Gasteiger partial charge in [-0.2, -0.15) is 0 Å². The Labute approximate surface area is 130 Å². The fourth-order valence-corrected chi connectivity index (χ4v) is 2.00. The number of hydrogen-bond acceptors (Lipinski definition) is 3. The van der Waals surface area contributed by atoms with Gasteiger partial charge in [0.05, 0.1) is 12.7 Å². The van der Waals surface area contributed by atoms with Gasteiger partial charge in [-0.3, -0.25) is 4.79 Å². The van der Waals surface area contributed by atoms with Crippen molar-refractivity contribution in [2.45, 2.75) is 19.4 Å². The largest absolute Gasteiger partial charge is 0.493 e. The van der Waals surface area contributed by atoms with Crippen LogP contribution in [0.15, 0.2) is 54.6 Å². The standard InChI is InChI=1S/C18H21NO3/c1-14(20)13-19-18(21)16-8-5-9-17(12-16)22-11-10-15-6-3-2-4-7-15/h2-9,12,14,20H,10-11,13H2,1H3,(H,19,21). The number of amides is 1. The van der Waals surface area contributed by atoms with Gasteiger partial charge < -0.3 is 15.2 Å². The number of benzene rings is 2. The lowest BCUT2D eigenvalue weighted by molar-refractivity contribution is 0.0923. The van der Waals surface area contributed by atoms with Crippen LogP contribution in [0.5, 0.6) is 5.75 Å². The Kier molecular flexibility index (Phi) is 5.98. The molecule has 0 spiro atoms. The highest BCUT2D eigenvalue weighted by molar-refractivity contribution is 5.94. The molecule has 4 nitrogen and oxygen atoms in total. The van der Waals surface area contributed by atoms with E-state index < -0.39 is 6.10 Å². The molecule has 0 aliphatic rings. The minimum absolute atomic E-state index is 0.214. The Hall–Kier alpha value is -2.33. The zero-order chi connectivity index (χ0) is 15.8. The van der Waals surface area contributed by atoms with E-state index in [2.05, 4.69) is 17.4 Å². The molecule has 0 aromatic heterocycles. The summed E-state index contributed by atoms with van der Waals surface area (Å²) in [6.45, 7) is 2.42. The molecule has 116 valence electrons. The molecule has 2 aromatic rings. The second-order valence-electron chi connectivity index (χ2n) is 5.17. The van der Waals surface area contributed by atoms with Gasteiger partial charge in [-0.25, -0.2) is 0 Å². The van der Waals surface area contributed by atoms with Gasteiger partial charge in [0.2, 0.25) is 0 Å². The van der Waals surface area contributed by atoms with Crippen LogP contribution in [-0.4, -0.2) is 30.3 Å². The zero-order valence-corrected chi connectivity index (χ0v) is 12.7. The van der Waals surface area contributed by atoms with E-state index in [9.17, 15) is 9.90 Å². The maximum absolute atomic E-state index is 11.9. The second kappa shape index (κ2) is 8.20. The van der Waals surface area contributed by atoms with E-state index >= 15 is 0 Å². The molecular formula is C18H21NO3. The summed E-state index contributed by atoms with van der Waals surface area (Å²) in [4.78, 5) is 11.9. The molecule has 22 heavy (non-hydrogen) atoms. The number of carbonyl (C=O) groups is 1. The maximum Gasteiger partial charge on any atom is 0.251 e. The summed E-state index contributed by atoms with van der Waals surface area (Å²) >= 11 is 0. The molecule has 0 bridgehead atoms.